The normalized spacial score (nSPS) is 15.7. The number of rotatable bonds is 5. The summed E-state index contributed by atoms with van der Waals surface area (Å²) in [5.41, 5.74) is 0. The highest BCUT2D eigenvalue weighted by molar-refractivity contribution is 7.99. The van der Waals surface area contributed by atoms with Gasteiger partial charge in [-0.15, -0.1) is 10.2 Å². The van der Waals surface area contributed by atoms with E-state index >= 15 is 0 Å². The van der Waals surface area contributed by atoms with Crippen molar-refractivity contribution in [3.05, 3.63) is 5.82 Å². The van der Waals surface area contributed by atoms with Gasteiger partial charge in [-0.2, -0.15) is 0 Å². The van der Waals surface area contributed by atoms with E-state index in [1.807, 2.05) is 0 Å². The smallest absolute Gasteiger partial charge is 0.233 e. The standard InChI is InChI=1S/C11H19N5O2S/c1-2-3-9-13-14-11(16(9)12)19-8-10(17)15-4-6-18-7-5-15/h2-8,12H2,1H3. The summed E-state index contributed by atoms with van der Waals surface area (Å²) in [6, 6.07) is 0. The minimum Gasteiger partial charge on any atom is -0.378 e. The zero-order valence-corrected chi connectivity index (χ0v) is 11.9. The summed E-state index contributed by atoms with van der Waals surface area (Å²) >= 11 is 1.33. The van der Waals surface area contributed by atoms with Gasteiger partial charge >= 0.3 is 0 Å². The lowest BCUT2D eigenvalue weighted by Crippen LogP contribution is -2.41. The van der Waals surface area contributed by atoms with Crippen molar-refractivity contribution in [2.45, 2.75) is 24.9 Å². The Morgan fingerprint density at radius 3 is 2.84 bits per heavy atom. The third-order valence-corrected chi connectivity index (χ3v) is 3.83. The first-order chi connectivity index (χ1) is 9.22. The fourth-order valence-corrected chi connectivity index (χ4v) is 2.61. The molecular weight excluding hydrogens is 266 g/mol. The van der Waals surface area contributed by atoms with Gasteiger partial charge in [-0.3, -0.25) is 4.79 Å². The lowest BCUT2D eigenvalue weighted by molar-refractivity contribution is -0.132. The molecule has 1 aromatic heterocycles. The maximum Gasteiger partial charge on any atom is 0.233 e. The lowest BCUT2D eigenvalue weighted by atomic mass is 10.3. The average Bonchev–Trinajstić information content (AvgIpc) is 2.79. The van der Waals surface area contributed by atoms with Crippen molar-refractivity contribution in [2.24, 2.45) is 0 Å². The van der Waals surface area contributed by atoms with Crippen LogP contribution in [0.2, 0.25) is 0 Å². The largest absolute Gasteiger partial charge is 0.378 e. The predicted octanol–water partition coefficient (Wildman–Crippen LogP) is -0.105. The molecule has 2 rings (SSSR count). The lowest BCUT2D eigenvalue weighted by Gasteiger charge is -2.26. The van der Waals surface area contributed by atoms with Crippen molar-refractivity contribution in [3.63, 3.8) is 0 Å². The summed E-state index contributed by atoms with van der Waals surface area (Å²) in [6.45, 7) is 4.61. The van der Waals surface area contributed by atoms with Gasteiger partial charge in [-0.05, 0) is 6.42 Å². The fourth-order valence-electron chi connectivity index (χ4n) is 1.83. The number of ether oxygens (including phenoxy) is 1. The first-order valence-corrected chi connectivity index (χ1v) is 7.38. The molecule has 1 saturated heterocycles. The van der Waals surface area contributed by atoms with E-state index in [4.69, 9.17) is 10.6 Å². The summed E-state index contributed by atoms with van der Waals surface area (Å²) in [5, 5.41) is 8.61. The van der Waals surface area contributed by atoms with Crippen LogP contribution in [-0.4, -0.2) is 57.7 Å². The first-order valence-electron chi connectivity index (χ1n) is 6.40. The third kappa shape index (κ3) is 3.60. The van der Waals surface area contributed by atoms with Crippen LogP contribution in [0.15, 0.2) is 5.16 Å². The molecule has 19 heavy (non-hydrogen) atoms. The SMILES string of the molecule is CCCc1nnc(SCC(=O)N2CCOCC2)n1N. The van der Waals surface area contributed by atoms with Crippen molar-refractivity contribution in [1.82, 2.24) is 19.8 Å². The van der Waals surface area contributed by atoms with E-state index in [-0.39, 0.29) is 5.91 Å². The number of hydrogen-bond acceptors (Lipinski definition) is 6. The van der Waals surface area contributed by atoms with Crippen LogP contribution in [-0.2, 0) is 16.0 Å². The summed E-state index contributed by atoms with van der Waals surface area (Å²) < 4.78 is 6.69. The van der Waals surface area contributed by atoms with E-state index in [2.05, 4.69) is 17.1 Å². The Balaban J connectivity index is 1.86. The molecule has 2 N–H and O–H groups in total. The van der Waals surface area contributed by atoms with Crippen molar-refractivity contribution < 1.29 is 9.53 Å². The highest BCUT2D eigenvalue weighted by Gasteiger charge is 2.18. The molecule has 0 bridgehead atoms. The molecule has 2 heterocycles. The second-order valence-electron chi connectivity index (χ2n) is 4.30. The molecule has 0 aliphatic carbocycles. The summed E-state index contributed by atoms with van der Waals surface area (Å²) in [6.07, 6.45) is 1.76. The Kier molecular flexibility index (Phi) is 5.03. The number of aryl methyl sites for hydroxylation is 1. The second kappa shape index (κ2) is 6.76. The van der Waals surface area contributed by atoms with Gasteiger partial charge in [0, 0.05) is 19.5 Å². The number of hydrogen-bond donors (Lipinski definition) is 1. The Hall–Kier alpha value is -1.28. The molecule has 0 unspecified atom stereocenters. The first kappa shape index (κ1) is 14.1. The van der Waals surface area contributed by atoms with Gasteiger partial charge in [0.2, 0.25) is 11.1 Å². The van der Waals surface area contributed by atoms with Gasteiger partial charge in [0.25, 0.3) is 0 Å². The topological polar surface area (TPSA) is 86.3 Å². The molecule has 1 amide bonds. The molecule has 0 spiro atoms. The van der Waals surface area contributed by atoms with Crippen molar-refractivity contribution >= 4 is 17.7 Å². The summed E-state index contributed by atoms with van der Waals surface area (Å²) in [5.74, 6) is 7.06. The number of nitrogen functional groups attached to an aromatic ring is 1. The minimum atomic E-state index is 0.0911. The van der Waals surface area contributed by atoms with Crippen LogP contribution in [0.3, 0.4) is 0 Å². The molecule has 0 atom stereocenters. The number of nitrogens with two attached hydrogens (primary N) is 1. The summed E-state index contributed by atoms with van der Waals surface area (Å²) in [4.78, 5) is 13.8. The third-order valence-electron chi connectivity index (χ3n) is 2.90. The Morgan fingerprint density at radius 2 is 2.16 bits per heavy atom. The van der Waals surface area contributed by atoms with Crippen LogP contribution >= 0.6 is 11.8 Å². The van der Waals surface area contributed by atoms with Gasteiger partial charge in [0.05, 0.1) is 19.0 Å². The molecule has 0 aromatic carbocycles. The van der Waals surface area contributed by atoms with E-state index in [0.29, 0.717) is 37.2 Å². The molecule has 0 radical (unpaired) electrons. The Labute approximate surface area is 116 Å². The molecule has 106 valence electrons. The highest BCUT2D eigenvalue weighted by atomic mass is 32.2. The Bertz CT molecular complexity index is 431. The van der Waals surface area contributed by atoms with E-state index < -0.39 is 0 Å². The van der Waals surface area contributed by atoms with Gasteiger partial charge < -0.3 is 15.5 Å². The maximum atomic E-state index is 12.0. The minimum absolute atomic E-state index is 0.0911. The zero-order chi connectivity index (χ0) is 13.7. The van der Waals surface area contributed by atoms with Crippen LogP contribution in [0.25, 0.3) is 0 Å². The molecular formula is C11H19N5O2S. The van der Waals surface area contributed by atoms with Crippen LogP contribution < -0.4 is 5.84 Å². The van der Waals surface area contributed by atoms with Crippen molar-refractivity contribution in [3.8, 4) is 0 Å². The van der Waals surface area contributed by atoms with Gasteiger partial charge in [-0.1, -0.05) is 18.7 Å². The van der Waals surface area contributed by atoms with E-state index in [1.54, 1.807) is 4.90 Å². The van der Waals surface area contributed by atoms with E-state index in [0.717, 1.165) is 18.7 Å². The number of thioether (sulfide) groups is 1. The average molecular weight is 285 g/mol. The second-order valence-corrected chi connectivity index (χ2v) is 5.24. The number of carbonyl (C=O) groups excluding carboxylic acids is 1. The van der Waals surface area contributed by atoms with Gasteiger partial charge in [-0.25, -0.2) is 4.68 Å². The maximum absolute atomic E-state index is 12.0. The van der Waals surface area contributed by atoms with Crippen LogP contribution in [0.4, 0.5) is 0 Å². The number of aromatic nitrogens is 3. The van der Waals surface area contributed by atoms with Crippen molar-refractivity contribution in [2.75, 3.05) is 37.9 Å². The molecule has 1 fully saturated rings. The number of morpholine rings is 1. The quantitative estimate of drug-likeness (QED) is 0.600. The fraction of sp³-hybridized carbons (Fsp3) is 0.727. The van der Waals surface area contributed by atoms with Crippen molar-refractivity contribution in [1.29, 1.82) is 0 Å². The number of amides is 1. The van der Waals surface area contributed by atoms with Crippen LogP contribution in [0.1, 0.15) is 19.2 Å². The highest BCUT2D eigenvalue weighted by Crippen LogP contribution is 2.16. The number of nitrogens with zero attached hydrogens (tertiary/aromatic N) is 4. The van der Waals surface area contributed by atoms with Crippen LogP contribution in [0.5, 0.6) is 0 Å². The monoisotopic (exact) mass is 285 g/mol. The van der Waals surface area contributed by atoms with E-state index in [9.17, 15) is 4.79 Å². The van der Waals surface area contributed by atoms with Gasteiger partial charge in [0.15, 0.2) is 5.82 Å². The molecule has 1 aromatic rings. The molecule has 0 saturated carbocycles. The predicted molar refractivity (Wildman–Crippen MR) is 72.3 cm³/mol. The number of carbonyl (C=O) groups is 1. The van der Waals surface area contributed by atoms with Gasteiger partial charge in [0.1, 0.15) is 0 Å². The molecule has 1 aliphatic rings. The summed E-state index contributed by atoms with van der Waals surface area (Å²) in [7, 11) is 0. The molecule has 1 aliphatic heterocycles. The van der Waals surface area contributed by atoms with Crippen LogP contribution in [0, 0.1) is 0 Å². The van der Waals surface area contributed by atoms with E-state index in [1.165, 1.54) is 16.4 Å². The molecule has 7 nitrogen and oxygen atoms in total. The zero-order valence-electron chi connectivity index (χ0n) is 11.0. The molecule has 8 heteroatoms. The Morgan fingerprint density at radius 1 is 1.42 bits per heavy atom.